The first-order chi connectivity index (χ1) is 6.33. The van der Waals surface area contributed by atoms with Gasteiger partial charge in [-0.1, -0.05) is 6.07 Å². The summed E-state index contributed by atoms with van der Waals surface area (Å²) in [4.78, 5) is 0. The lowest BCUT2D eigenvalue weighted by molar-refractivity contribution is 0.439. The van der Waals surface area contributed by atoms with Crippen LogP contribution in [0.25, 0.3) is 0 Å². The second kappa shape index (κ2) is 3.55. The Morgan fingerprint density at radius 3 is 3.08 bits per heavy atom. The number of phenolic OH excluding ortho intramolecular Hbond substituents is 1. The van der Waals surface area contributed by atoms with Crippen molar-refractivity contribution in [3.05, 3.63) is 23.3 Å². The van der Waals surface area contributed by atoms with E-state index in [-0.39, 0.29) is 5.75 Å². The summed E-state index contributed by atoms with van der Waals surface area (Å²) in [7, 11) is 0. The SMILES string of the molecule is Oc1c(OBr)ccc2c1CNCC2. The van der Waals surface area contributed by atoms with Crippen LogP contribution in [0.1, 0.15) is 11.1 Å². The molecule has 13 heavy (non-hydrogen) atoms. The van der Waals surface area contributed by atoms with Gasteiger partial charge in [0.15, 0.2) is 27.8 Å². The van der Waals surface area contributed by atoms with Crippen molar-refractivity contribution in [3.63, 3.8) is 0 Å². The molecule has 1 aliphatic rings. The summed E-state index contributed by atoms with van der Waals surface area (Å²) in [6, 6.07) is 3.76. The first-order valence-corrected chi connectivity index (χ1v) is 4.80. The van der Waals surface area contributed by atoms with E-state index in [9.17, 15) is 5.11 Å². The van der Waals surface area contributed by atoms with Gasteiger partial charge >= 0.3 is 0 Å². The van der Waals surface area contributed by atoms with Crippen molar-refractivity contribution in [2.75, 3.05) is 6.54 Å². The van der Waals surface area contributed by atoms with E-state index in [4.69, 9.17) is 3.83 Å². The molecule has 0 spiro atoms. The molecule has 1 aromatic carbocycles. The maximum Gasteiger partial charge on any atom is 0.179 e. The molecule has 1 aromatic rings. The van der Waals surface area contributed by atoms with E-state index in [1.165, 1.54) is 5.56 Å². The fraction of sp³-hybridized carbons (Fsp3) is 0.333. The van der Waals surface area contributed by atoms with Crippen LogP contribution in [0.3, 0.4) is 0 Å². The molecule has 0 saturated carbocycles. The summed E-state index contributed by atoms with van der Waals surface area (Å²) >= 11 is 2.86. The van der Waals surface area contributed by atoms with Crippen LogP contribution in [-0.4, -0.2) is 11.7 Å². The van der Waals surface area contributed by atoms with E-state index in [1.807, 2.05) is 6.07 Å². The van der Waals surface area contributed by atoms with E-state index in [0.717, 1.165) is 18.5 Å². The number of phenols is 1. The molecule has 0 aliphatic carbocycles. The minimum atomic E-state index is 0.238. The molecule has 0 unspecified atom stereocenters. The highest BCUT2D eigenvalue weighted by Crippen LogP contribution is 2.34. The van der Waals surface area contributed by atoms with Crippen molar-refractivity contribution in [2.45, 2.75) is 13.0 Å². The van der Waals surface area contributed by atoms with Crippen molar-refractivity contribution < 1.29 is 8.93 Å². The summed E-state index contributed by atoms with van der Waals surface area (Å²) in [6.45, 7) is 1.69. The Morgan fingerprint density at radius 1 is 1.46 bits per heavy atom. The van der Waals surface area contributed by atoms with Crippen LogP contribution >= 0.6 is 16.3 Å². The van der Waals surface area contributed by atoms with Crippen molar-refractivity contribution in [2.24, 2.45) is 0 Å². The molecule has 1 aliphatic heterocycles. The number of hydrogen-bond acceptors (Lipinski definition) is 3. The van der Waals surface area contributed by atoms with E-state index < -0.39 is 0 Å². The lowest BCUT2D eigenvalue weighted by Gasteiger charge is -2.18. The van der Waals surface area contributed by atoms with E-state index in [0.29, 0.717) is 12.3 Å². The molecule has 2 N–H and O–H groups in total. The van der Waals surface area contributed by atoms with Gasteiger partial charge in [0.25, 0.3) is 0 Å². The minimum absolute atomic E-state index is 0.238. The summed E-state index contributed by atoms with van der Waals surface area (Å²) in [5.41, 5.74) is 2.15. The quantitative estimate of drug-likeness (QED) is 0.790. The molecule has 0 bridgehead atoms. The topological polar surface area (TPSA) is 41.5 Å². The molecule has 70 valence electrons. The monoisotopic (exact) mass is 243 g/mol. The summed E-state index contributed by atoms with van der Waals surface area (Å²) in [6.07, 6.45) is 0.964. The van der Waals surface area contributed by atoms with Crippen LogP contribution in [0.2, 0.25) is 0 Å². The average Bonchev–Trinajstić information content (AvgIpc) is 2.19. The fourth-order valence-electron chi connectivity index (χ4n) is 1.59. The molecule has 3 nitrogen and oxygen atoms in total. The Labute approximate surface area is 85.2 Å². The minimum Gasteiger partial charge on any atom is -0.504 e. The highest BCUT2D eigenvalue weighted by Gasteiger charge is 2.15. The van der Waals surface area contributed by atoms with Gasteiger partial charge in [-0.3, -0.25) is 0 Å². The zero-order valence-electron chi connectivity index (χ0n) is 7.01. The first kappa shape index (κ1) is 8.84. The highest BCUT2D eigenvalue weighted by molar-refractivity contribution is 9.06. The zero-order chi connectivity index (χ0) is 9.26. The summed E-state index contributed by atoms with van der Waals surface area (Å²) in [5, 5.41) is 12.9. The van der Waals surface area contributed by atoms with Crippen molar-refractivity contribution in [3.8, 4) is 11.5 Å². The smallest absolute Gasteiger partial charge is 0.179 e. The molecule has 0 atom stereocenters. The standard InChI is InChI=1S/C9H10BrNO2/c10-13-8-2-1-6-3-4-11-5-7(6)9(8)12/h1-2,11-12H,3-5H2. The average molecular weight is 244 g/mol. The molecule has 0 amide bonds. The Balaban J connectivity index is 2.48. The van der Waals surface area contributed by atoms with Gasteiger partial charge in [-0.05, 0) is 24.6 Å². The molecule has 4 heteroatoms. The fourth-order valence-corrected chi connectivity index (χ4v) is 1.85. The van der Waals surface area contributed by atoms with Gasteiger partial charge in [0.1, 0.15) is 0 Å². The van der Waals surface area contributed by atoms with Gasteiger partial charge in [-0.25, -0.2) is 0 Å². The van der Waals surface area contributed by atoms with E-state index in [1.54, 1.807) is 6.07 Å². The molecular weight excluding hydrogens is 234 g/mol. The molecule has 0 aromatic heterocycles. The molecule has 2 rings (SSSR count). The second-order valence-corrected chi connectivity index (χ2v) is 3.38. The van der Waals surface area contributed by atoms with Crippen LogP contribution < -0.4 is 9.15 Å². The molecule has 0 saturated heterocycles. The second-order valence-electron chi connectivity index (χ2n) is 3.05. The number of rotatable bonds is 1. The van der Waals surface area contributed by atoms with Gasteiger partial charge in [-0.2, -0.15) is 0 Å². The van der Waals surface area contributed by atoms with Crippen molar-refractivity contribution in [1.82, 2.24) is 5.32 Å². The van der Waals surface area contributed by atoms with Gasteiger partial charge in [0.2, 0.25) is 0 Å². The largest absolute Gasteiger partial charge is 0.504 e. The third-order valence-corrected chi connectivity index (χ3v) is 2.65. The lowest BCUT2D eigenvalue weighted by atomic mass is 10.00. The number of fused-ring (bicyclic) bond motifs is 1. The lowest BCUT2D eigenvalue weighted by Crippen LogP contribution is -2.23. The maximum absolute atomic E-state index is 9.74. The van der Waals surface area contributed by atoms with Gasteiger partial charge in [-0.15, -0.1) is 0 Å². The Kier molecular flexibility index (Phi) is 2.42. The van der Waals surface area contributed by atoms with E-state index >= 15 is 0 Å². The van der Waals surface area contributed by atoms with Crippen LogP contribution in [0.5, 0.6) is 11.5 Å². The van der Waals surface area contributed by atoms with Gasteiger partial charge in [0, 0.05) is 12.1 Å². The third kappa shape index (κ3) is 1.51. The molecular formula is C9H10BrNO2. The summed E-state index contributed by atoms with van der Waals surface area (Å²) < 4.78 is 4.85. The third-order valence-electron chi connectivity index (χ3n) is 2.30. The Morgan fingerprint density at radius 2 is 2.31 bits per heavy atom. The van der Waals surface area contributed by atoms with Crippen LogP contribution in [0.15, 0.2) is 12.1 Å². The normalized spacial score (nSPS) is 15.2. The van der Waals surface area contributed by atoms with Gasteiger partial charge < -0.3 is 14.3 Å². The molecule has 1 heterocycles. The predicted molar refractivity (Wildman–Crippen MR) is 53.1 cm³/mol. The highest BCUT2D eigenvalue weighted by atomic mass is 79.9. The maximum atomic E-state index is 9.74. The number of benzene rings is 1. The van der Waals surface area contributed by atoms with Crippen molar-refractivity contribution >= 4 is 16.3 Å². The number of aromatic hydroxyl groups is 1. The predicted octanol–water partition coefficient (Wildman–Crippen LogP) is 1.73. The number of nitrogens with one attached hydrogen (secondary N) is 1. The van der Waals surface area contributed by atoms with Crippen LogP contribution in [0.4, 0.5) is 0 Å². The van der Waals surface area contributed by atoms with Crippen LogP contribution in [0, 0.1) is 0 Å². The number of halogens is 1. The molecule has 0 radical (unpaired) electrons. The van der Waals surface area contributed by atoms with Crippen molar-refractivity contribution in [1.29, 1.82) is 0 Å². The first-order valence-electron chi connectivity index (χ1n) is 4.16. The van der Waals surface area contributed by atoms with E-state index in [2.05, 4.69) is 21.6 Å². The summed E-state index contributed by atoms with van der Waals surface area (Å²) in [5.74, 6) is 0.712. The van der Waals surface area contributed by atoms with Gasteiger partial charge in [0.05, 0.1) is 0 Å². The molecule has 0 fully saturated rings. The van der Waals surface area contributed by atoms with Crippen LogP contribution in [-0.2, 0) is 13.0 Å². The Bertz CT molecular complexity index is 328. The number of hydrogen-bond donors (Lipinski definition) is 2. The Hall–Kier alpha value is -0.740. The zero-order valence-corrected chi connectivity index (χ0v) is 8.60.